The van der Waals surface area contributed by atoms with Crippen molar-refractivity contribution in [3.8, 4) is 0 Å². The zero-order valence-electron chi connectivity index (χ0n) is 12.0. The van der Waals surface area contributed by atoms with Crippen molar-refractivity contribution >= 4 is 5.78 Å². The highest BCUT2D eigenvalue weighted by molar-refractivity contribution is 6.02. The molecule has 0 fully saturated rings. The van der Waals surface area contributed by atoms with Crippen LogP contribution in [0.3, 0.4) is 0 Å². The molecule has 0 aliphatic carbocycles. The Labute approximate surface area is 131 Å². The molecular weight excluding hydrogens is 301 g/mol. The molecule has 0 saturated carbocycles. The Bertz CT molecular complexity index is 765. The predicted octanol–water partition coefficient (Wildman–Crippen LogP) is 2.39. The van der Waals surface area contributed by atoms with Crippen LogP contribution in [-0.4, -0.2) is 15.9 Å². The lowest BCUT2D eigenvalue weighted by Gasteiger charge is -2.12. The van der Waals surface area contributed by atoms with Crippen LogP contribution in [0.15, 0.2) is 65.2 Å². The standard InChI is InChI=1S/C16H14FN3O3/c17-12-3-1-11(2-4-12)9-13-5-6-15(23-13)14(21)10-16(22)20-8-7-18-19-20/h1-8,10,18-19,22H,9H2. The molecule has 0 atom stereocenters. The maximum atomic E-state index is 12.9. The SMILES string of the molecule is O=C(C=C(O)N1C=CNN1)c1ccc(Cc2ccc(F)cc2)o1. The summed E-state index contributed by atoms with van der Waals surface area (Å²) in [6.45, 7) is 0. The van der Waals surface area contributed by atoms with E-state index >= 15 is 0 Å². The van der Waals surface area contributed by atoms with Gasteiger partial charge in [0.2, 0.25) is 11.7 Å². The van der Waals surface area contributed by atoms with Crippen LogP contribution in [0.1, 0.15) is 21.9 Å². The van der Waals surface area contributed by atoms with Crippen LogP contribution in [-0.2, 0) is 6.42 Å². The van der Waals surface area contributed by atoms with E-state index in [1.807, 2.05) is 0 Å². The van der Waals surface area contributed by atoms with Crippen molar-refractivity contribution < 1.29 is 18.7 Å². The Morgan fingerprint density at radius 1 is 1.26 bits per heavy atom. The Morgan fingerprint density at radius 2 is 2.04 bits per heavy atom. The fraction of sp³-hybridized carbons (Fsp3) is 0.0625. The Morgan fingerprint density at radius 3 is 2.74 bits per heavy atom. The molecule has 2 heterocycles. The Balaban J connectivity index is 1.68. The molecule has 0 bridgehead atoms. The van der Waals surface area contributed by atoms with Gasteiger partial charge >= 0.3 is 0 Å². The van der Waals surface area contributed by atoms with Crippen LogP contribution >= 0.6 is 0 Å². The molecule has 0 saturated heterocycles. The van der Waals surface area contributed by atoms with E-state index in [9.17, 15) is 14.3 Å². The summed E-state index contributed by atoms with van der Waals surface area (Å²) in [4.78, 5) is 12.0. The number of allylic oxidation sites excluding steroid dienone is 1. The van der Waals surface area contributed by atoms with Crippen LogP contribution in [0, 0.1) is 5.82 Å². The average molecular weight is 315 g/mol. The van der Waals surface area contributed by atoms with Crippen molar-refractivity contribution in [2.45, 2.75) is 6.42 Å². The van der Waals surface area contributed by atoms with E-state index in [4.69, 9.17) is 4.42 Å². The predicted molar refractivity (Wildman–Crippen MR) is 80.2 cm³/mol. The Hall–Kier alpha value is -3.06. The van der Waals surface area contributed by atoms with E-state index in [0.717, 1.165) is 11.6 Å². The minimum atomic E-state index is -0.463. The highest BCUT2D eigenvalue weighted by Crippen LogP contribution is 2.15. The van der Waals surface area contributed by atoms with E-state index in [1.165, 1.54) is 29.4 Å². The molecule has 0 amide bonds. The number of furan rings is 1. The summed E-state index contributed by atoms with van der Waals surface area (Å²) in [6, 6.07) is 9.27. The molecular formula is C16H14FN3O3. The quantitative estimate of drug-likeness (QED) is 0.447. The first-order valence-corrected chi connectivity index (χ1v) is 6.87. The molecule has 1 aliphatic heterocycles. The minimum absolute atomic E-state index is 0.116. The highest BCUT2D eigenvalue weighted by atomic mass is 19.1. The Kier molecular flexibility index (Phi) is 4.11. The molecule has 1 aromatic carbocycles. The van der Waals surface area contributed by atoms with Gasteiger partial charge in [-0.25, -0.2) is 9.40 Å². The summed E-state index contributed by atoms with van der Waals surface area (Å²) < 4.78 is 18.3. The van der Waals surface area contributed by atoms with Crippen molar-refractivity contribution in [3.05, 3.63) is 83.7 Å². The third kappa shape index (κ3) is 3.58. The number of benzene rings is 1. The second kappa shape index (κ2) is 6.37. The van der Waals surface area contributed by atoms with E-state index in [-0.39, 0.29) is 17.5 Å². The number of hydrazine groups is 2. The van der Waals surface area contributed by atoms with Gasteiger partial charge in [-0.15, -0.1) is 5.53 Å². The summed E-state index contributed by atoms with van der Waals surface area (Å²) in [5, 5.41) is 11.0. The van der Waals surface area contributed by atoms with Crippen LogP contribution in [0.2, 0.25) is 0 Å². The fourth-order valence-corrected chi connectivity index (χ4v) is 2.06. The number of carbonyl (C=O) groups excluding carboxylic acids is 1. The highest BCUT2D eigenvalue weighted by Gasteiger charge is 2.14. The maximum absolute atomic E-state index is 12.9. The van der Waals surface area contributed by atoms with Crippen molar-refractivity contribution in [3.63, 3.8) is 0 Å². The number of hydrogen-bond acceptors (Lipinski definition) is 6. The van der Waals surface area contributed by atoms with E-state index < -0.39 is 5.78 Å². The van der Waals surface area contributed by atoms with Gasteiger partial charge in [-0.3, -0.25) is 4.79 Å². The van der Waals surface area contributed by atoms with Gasteiger partial charge in [0.05, 0.1) is 6.08 Å². The third-order valence-corrected chi connectivity index (χ3v) is 3.20. The summed E-state index contributed by atoms with van der Waals surface area (Å²) in [6.07, 6.45) is 4.57. The molecule has 0 spiro atoms. The molecule has 1 aromatic heterocycles. The summed E-state index contributed by atoms with van der Waals surface area (Å²) in [7, 11) is 0. The topological polar surface area (TPSA) is 77.7 Å². The molecule has 2 aromatic rings. The van der Waals surface area contributed by atoms with Crippen LogP contribution in [0.4, 0.5) is 4.39 Å². The van der Waals surface area contributed by atoms with Crippen LogP contribution in [0.25, 0.3) is 0 Å². The van der Waals surface area contributed by atoms with Gasteiger partial charge in [0.1, 0.15) is 11.6 Å². The van der Waals surface area contributed by atoms with Gasteiger partial charge < -0.3 is 14.9 Å². The van der Waals surface area contributed by atoms with Crippen molar-refractivity contribution in [1.82, 2.24) is 16.0 Å². The van der Waals surface area contributed by atoms with E-state index in [1.54, 1.807) is 24.4 Å². The fourth-order valence-electron chi connectivity index (χ4n) is 2.06. The van der Waals surface area contributed by atoms with E-state index in [0.29, 0.717) is 12.2 Å². The molecule has 7 heteroatoms. The lowest BCUT2D eigenvalue weighted by Crippen LogP contribution is -2.35. The van der Waals surface area contributed by atoms with Gasteiger partial charge in [-0.2, -0.15) is 0 Å². The van der Waals surface area contributed by atoms with Crippen LogP contribution < -0.4 is 11.0 Å². The molecule has 1 aliphatic rings. The molecule has 23 heavy (non-hydrogen) atoms. The van der Waals surface area contributed by atoms with Gasteiger partial charge in [0.25, 0.3) is 0 Å². The number of ketones is 1. The number of nitrogens with one attached hydrogen (secondary N) is 2. The first kappa shape index (κ1) is 14.9. The monoisotopic (exact) mass is 315 g/mol. The summed E-state index contributed by atoms with van der Waals surface area (Å²) in [5.74, 6) is -0.343. The maximum Gasteiger partial charge on any atom is 0.226 e. The van der Waals surface area contributed by atoms with Gasteiger partial charge in [0.15, 0.2) is 5.76 Å². The number of carbonyl (C=O) groups is 1. The van der Waals surface area contributed by atoms with Crippen molar-refractivity contribution in [2.75, 3.05) is 0 Å². The normalized spacial score (nSPS) is 14.1. The van der Waals surface area contributed by atoms with E-state index in [2.05, 4.69) is 11.0 Å². The summed E-state index contributed by atoms with van der Waals surface area (Å²) in [5.41, 5.74) is 6.10. The molecule has 0 radical (unpaired) electrons. The van der Waals surface area contributed by atoms with Crippen molar-refractivity contribution in [2.24, 2.45) is 0 Å². The number of halogens is 1. The minimum Gasteiger partial charge on any atom is -0.493 e. The second-order valence-corrected chi connectivity index (χ2v) is 4.88. The lowest BCUT2D eigenvalue weighted by atomic mass is 10.1. The first-order valence-electron chi connectivity index (χ1n) is 6.87. The number of rotatable bonds is 5. The number of hydrogen-bond donors (Lipinski definition) is 3. The average Bonchev–Trinajstić information content (AvgIpc) is 3.21. The lowest BCUT2D eigenvalue weighted by molar-refractivity contribution is 0.100. The smallest absolute Gasteiger partial charge is 0.226 e. The number of aliphatic hydroxyl groups is 1. The zero-order valence-corrected chi connectivity index (χ0v) is 12.0. The number of nitrogens with zero attached hydrogens (tertiary/aromatic N) is 1. The van der Waals surface area contributed by atoms with Gasteiger partial charge in [-0.1, -0.05) is 12.1 Å². The van der Waals surface area contributed by atoms with Crippen molar-refractivity contribution in [1.29, 1.82) is 0 Å². The zero-order chi connectivity index (χ0) is 16.2. The summed E-state index contributed by atoms with van der Waals surface area (Å²) >= 11 is 0. The van der Waals surface area contributed by atoms with Gasteiger partial charge in [-0.05, 0) is 29.8 Å². The molecule has 0 unspecified atom stereocenters. The third-order valence-electron chi connectivity index (χ3n) is 3.20. The van der Waals surface area contributed by atoms with Crippen LogP contribution in [0.5, 0.6) is 0 Å². The molecule has 118 valence electrons. The molecule has 6 nitrogen and oxygen atoms in total. The first-order chi connectivity index (χ1) is 11.1. The largest absolute Gasteiger partial charge is 0.493 e. The second-order valence-electron chi connectivity index (χ2n) is 4.88. The molecule has 3 N–H and O–H groups in total. The number of aliphatic hydroxyl groups excluding tert-OH is 1. The molecule has 3 rings (SSSR count). The van der Waals surface area contributed by atoms with Gasteiger partial charge in [0, 0.05) is 18.8 Å².